The molecule has 5 aliphatic carbocycles. The van der Waals surface area contributed by atoms with E-state index < -0.39 is 0 Å². The quantitative estimate of drug-likeness (QED) is 0.486. The van der Waals surface area contributed by atoms with E-state index in [1.54, 1.807) is 0 Å². The van der Waals surface area contributed by atoms with Crippen LogP contribution in [0.5, 0.6) is 0 Å². The first-order valence-electron chi connectivity index (χ1n) is 13.5. The molecule has 170 valence electrons. The Morgan fingerprint density at radius 2 is 1.83 bits per heavy atom. The third kappa shape index (κ3) is 3.35. The number of hydrogen-bond acceptors (Lipinski definition) is 2. The van der Waals surface area contributed by atoms with Gasteiger partial charge in [-0.3, -0.25) is 0 Å². The van der Waals surface area contributed by atoms with Crippen LogP contribution >= 0.6 is 0 Å². The van der Waals surface area contributed by atoms with Gasteiger partial charge in [-0.25, -0.2) is 0 Å². The van der Waals surface area contributed by atoms with Gasteiger partial charge >= 0.3 is 0 Å². The van der Waals surface area contributed by atoms with Crippen molar-refractivity contribution in [2.45, 2.75) is 109 Å². The number of fused-ring (bicyclic) bond motifs is 5. The minimum absolute atomic E-state index is 0.186. The molecule has 0 aromatic rings. The van der Waals surface area contributed by atoms with E-state index in [0.29, 0.717) is 5.92 Å². The van der Waals surface area contributed by atoms with Crippen molar-refractivity contribution >= 4 is 0 Å². The van der Waals surface area contributed by atoms with Crippen molar-refractivity contribution in [3.8, 4) is 0 Å². The van der Waals surface area contributed by atoms with Gasteiger partial charge in [-0.05, 0) is 131 Å². The molecule has 0 heterocycles. The molecule has 0 aliphatic heterocycles. The van der Waals surface area contributed by atoms with Gasteiger partial charge in [-0.2, -0.15) is 0 Å². The molecule has 5 aliphatic rings. The van der Waals surface area contributed by atoms with E-state index in [4.69, 9.17) is 4.74 Å². The fourth-order valence-electron chi connectivity index (χ4n) is 9.52. The summed E-state index contributed by atoms with van der Waals surface area (Å²) in [6.45, 7) is 9.59. The van der Waals surface area contributed by atoms with Gasteiger partial charge in [0.2, 0.25) is 0 Å². The molecule has 9 unspecified atom stereocenters. The Bertz CT molecular complexity index is 624. The molecule has 0 aromatic carbocycles. The van der Waals surface area contributed by atoms with Gasteiger partial charge in [0, 0.05) is 6.61 Å². The summed E-state index contributed by atoms with van der Waals surface area (Å²) in [6.07, 6.45) is 19.7. The average Bonchev–Trinajstić information content (AvgIpc) is 3.54. The van der Waals surface area contributed by atoms with Gasteiger partial charge in [-0.1, -0.05) is 19.4 Å². The maximum absolute atomic E-state index is 10.5. The highest BCUT2D eigenvalue weighted by molar-refractivity contribution is 5.15. The summed E-state index contributed by atoms with van der Waals surface area (Å²) in [5.74, 6) is 5.73. The van der Waals surface area contributed by atoms with Gasteiger partial charge in [0.1, 0.15) is 0 Å². The molecule has 2 heteroatoms. The van der Waals surface area contributed by atoms with Gasteiger partial charge in [0.05, 0.1) is 11.7 Å². The van der Waals surface area contributed by atoms with Crippen LogP contribution in [0.3, 0.4) is 0 Å². The molecule has 5 fully saturated rings. The number of allylic oxidation sites excluding steroid dienone is 1. The van der Waals surface area contributed by atoms with Gasteiger partial charge < -0.3 is 9.84 Å². The molecule has 0 spiro atoms. The SMILES string of the molecule is C=CC12CCC3C4CCCC(OCCC)(C5CC5)CC4CCC3C1CCC2C(C)O. The fraction of sp³-hybridized carbons (Fsp3) is 0.929. The maximum atomic E-state index is 10.5. The Labute approximate surface area is 185 Å². The number of ether oxygens (including phenoxy) is 1. The van der Waals surface area contributed by atoms with Crippen molar-refractivity contribution in [3.63, 3.8) is 0 Å². The molecule has 30 heavy (non-hydrogen) atoms. The third-order valence-corrected chi connectivity index (χ3v) is 10.8. The molecule has 0 radical (unpaired) electrons. The van der Waals surface area contributed by atoms with E-state index in [2.05, 4.69) is 19.6 Å². The van der Waals surface area contributed by atoms with E-state index in [-0.39, 0.29) is 17.1 Å². The zero-order chi connectivity index (χ0) is 20.9. The first-order valence-corrected chi connectivity index (χ1v) is 13.5. The minimum atomic E-state index is -0.186. The van der Waals surface area contributed by atoms with Crippen molar-refractivity contribution in [1.82, 2.24) is 0 Å². The smallest absolute Gasteiger partial charge is 0.0713 e. The largest absolute Gasteiger partial charge is 0.393 e. The lowest BCUT2D eigenvalue weighted by Crippen LogP contribution is -2.49. The van der Waals surface area contributed by atoms with E-state index in [0.717, 1.165) is 48.5 Å². The normalized spacial score (nSPS) is 49.4. The number of aliphatic hydroxyl groups excluding tert-OH is 1. The number of rotatable bonds is 6. The van der Waals surface area contributed by atoms with Crippen LogP contribution in [0.4, 0.5) is 0 Å². The Morgan fingerprint density at radius 1 is 1.00 bits per heavy atom. The lowest BCUT2D eigenvalue weighted by molar-refractivity contribution is -0.0976. The lowest BCUT2D eigenvalue weighted by Gasteiger charge is -2.55. The van der Waals surface area contributed by atoms with Crippen LogP contribution in [0.25, 0.3) is 0 Å². The van der Waals surface area contributed by atoms with Crippen LogP contribution in [-0.2, 0) is 4.74 Å². The third-order valence-electron chi connectivity index (χ3n) is 10.8. The number of aliphatic hydroxyl groups is 1. The molecular weight excluding hydrogens is 368 g/mol. The average molecular weight is 415 g/mol. The predicted molar refractivity (Wildman–Crippen MR) is 123 cm³/mol. The zero-order valence-corrected chi connectivity index (χ0v) is 19.7. The topological polar surface area (TPSA) is 29.5 Å². The molecule has 1 N–H and O–H groups in total. The summed E-state index contributed by atoms with van der Waals surface area (Å²) in [5.41, 5.74) is 0.446. The molecule has 5 rings (SSSR count). The molecule has 9 atom stereocenters. The molecule has 0 bridgehead atoms. The monoisotopic (exact) mass is 414 g/mol. The van der Waals surface area contributed by atoms with Crippen LogP contribution in [0.2, 0.25) is 0 Å². The van der Waals surface area contributed by atoms with E-state index >= 15 is 0 Å². The number of hydrogen-bond donors (Lipinski definition) is 1. The Morgan fingerprint density at radius 3 is 2.53 bits per heavy atom. The van der Waals surface area contributed by atoms with Crippen LogP contribution in [-0.4, -0.2) is 23.4 Å². The molecule has 0 saturated heterocycles. The summed E-state index contributed by atoms with van der Waals surface area (Å²) >= 11 is 0. The van der Waals surface area contributed by atoms with Gasteiger partial charge in [0.25, 0.3) is 0 Å². The predicted octanol–water partition coefficient (Wildman–Crippen LogP) is 6.77. The molecule has 2 nitrogen and oxygen atoms in total. The highest BCUT2D eigenvalue weighted by Gasteiger charge is 2.59. The fourth-order valence-corrected chi connectivity index (χ4v) is 9.52. The van der Waals surface area contributed by atoms with Crippen molar-refractivity contribution in [2.75, 3.05) is 6.61 Å². The second kappa shape index (κ2) is 8.22. The summed E-state index contributed by atoms with van der Waals surface area (Å²) in [5, 5.41) is 10.5. The van der Waals surface area contributed by atoms with Crippen molar-refractivity contribution in [3.05, 3.63) is 12.7 Å². The highest BCUT2D eigenvalue weighted by atomic mass is 16.5. The standard InChI is InChI=1S/C28H46O2/c1-4-17-30-28(21-9-10-21)15-6-7-22-20(18-28)8-11-24-23(22)14-16-27(5-2)25(19(3)29)12-13-26(24)27/h5,19-26,29H,2,4,6-18H2,1,3H3. The maximum Gasteiger partial charge on any atom is 0.0713 e. The first-order chi connectivity index (χ1) is 14.5. The molecule has 5 saturated carbocycles. The lowest BCUT2D eigenvalue weighted by atomic mass is 9.50. The summed E-state index contributed by atoms with van der Waals surface area (Å²) in [6, 6.07) is 0. The Kier molecular flexibility index (Phi) is 5.89. The zero-order valence-electron chi connectivity index (χ0n) is 19.7. The molecule has 0 aromatic heterocycles. The van der Waals surface area contributed by atoms with E-state index in [1.165, 1.54) is 77.0 Å². The summed E-state index contributed by atoms with van der Waals surface area (Å²) in [7, 11) is 0. The second-order valence-electron chi connectivity index (χ2n) is 12.0. The van der Waals surface area contributed by atoms with Crippen LogP contribution in [0.1, 0.15) is 97.3 Å². The summed E-state index contributed by atoms with van der Waals surface area (Å²) < 4.78 is 6.71. The Balaban J connectivity index is 1.36. The van der Waals surface area contributed by atoms with E-state index in [1.807, 2.05) is 6.92 Å². The van der Waals surface area contributed by atoms with Crippen LogP contribution in [0, 0.1) is 46.8 Å². The Hall–Kier alpha value is -0.340. The molecule has 0 amide bonds. The van der Waals surface area contributed by atoms with Gasteiger partial charge in [-0.15, -0.1) is 6.58 Å². The molecular formula is C28H46O2. The minimum Gasteiger partial charge on any atom is -0.393 e. The second-order valence-corrected chi connectivity index (χ2v) is 12.0. The van der Waals surface area contributed by atoms with Gasteiger partial charge in [0.15, 0.2) is 0 Å². The summed E-state index contributed by atoms with van der Waals surface area (Å²) in [4.78, 5) is 0. The van der Waals surface area contributed by atoms with Crippen molar-refractivity contribution in [1.29, 1.82) is 0 Å². The highest BCUT2D eigenvalue weighted by Crippen LogP contribution is 2.66. The first kappa shape index (κ1) is 21.5. The van der Waals surface area contributed by atoms with Crippen molar-refractivity contribution in [2.24, 2.45) is 46.8 Å². The van der Waals surface area contributed by atoms with E-state index in [9.17, 15) is 5.11 Å². The van der Waals surface area contributed by atoms with Crippen LogP contribution < -0.4 is 0 Å². The van der Waals surface area contributed by atoms with Crippen LogP contribution in [0.15, 0.2) is 12.7 Å². The van der Waals surface area contributed by atoms with Crippen molar-refractivity contribution < 1.29 is 9.84 Å².